The molecule has 0 radical (unpaired) electrons. The molecule has 0 saturated heterocycles. The van der Waals surface area contributed by atoms with Crippen LogP contribution in [0.3, 0.4) is 0 Å². The van der Waals surface area contributed by atoms with Crippen LogP contribution in [0.1, 0.15) is 5.69 Å². The number of hydrogen-bond acceptors (Lipinski definition) is 2. The molecule has 1 heterocycles. The fraction of sp³-hybridized carbons (Fsp3) is 0. The first-order valence-electron chi connectivity index (χ1n) is 2.71. The lowest BCUT2D eigenvalue weighted by atomic mass is 10.3. The van der Waals surface area contributed by atoms with Crippen molar-refractivity contribution >= 4 is 6.08 Å². The molecule has 0 aliphatic rings. The lowest BCUT2D eigenvalue weighted by Crippen LogP contribution is -1.82. The Morgan fingerprint density at radius 3 is 2.90 bits per heavy atom. The highest BCUT2D eigenvalue weighted by molar-refractivity contribution is 5.49. The Morgan fingerprint density at radius 2 is 2.40 bits per heavy atom. The fourth-order valence-electron chi connectivity index (χ4n) is 0.596. The summed E-state index contributed by atoms with van der Waals surface area (Å²) in [5, 5.41) is 8.92. The number of nitrogens with zero attached hydrogens (tertiary/aromatic N) is 1. The van der Waals surface area contributed by atoms with E-state index in [0.29, 0.717) is 5.69 Å². The van der Waals surface area contributed by atoms with E-state index in [9.17, 15) is 4.39 Å². The van der Waals surface area contributed by atoms with Gasteiger partial charge in [-0.25, -0.2) is 9.37 Å². The van der Waals surface area contributed by atoms with Crippen molar-refractivity contribution in [1.29, 1.82) is 0 Å². The van der Waals surface area contributed by atoms with E-state index in [4.69, 9.17) is 5.11 Å². The maximum absolute atomic E-state index is 12.2. The molecule has 52 valence electrons. The van der Waals surface area contributed by atoms with Gasteiger partial charge in [0.25, 0.3) is 0 Å². The molecule has 3 heteroatoms. The lowest BCUT2D eigenvalue weighted by Gasteiger charge is -1.95. The van der Waals surface area contributed by atoms with Gasteiger partial charge in [0, 0.05) is 6.07 Å². The molecule has 2 nitrogen and oxygen atoms in total. The van der Waals surface area contributed by atoms with E-state index >= 15 is 0 Å². The predicted octanol–water partition coefficient (Wildman–Crippen LogP) is 1.57. The number of rotatable bonds is 1. The number of aromatic hydroxyl groups is 1. The molecule has 1 N–H and O–H groups in total. The molecule has 0 saturated carbocycles. The number of pyridine rings is 1. The maximum atomic E-state index is 12.2. The van der Waals surface area contributed by atoms with Crippen LogP contribution in [0.4, 0.5) is 4.39 Å². The van der Waals surface area contributed by atoms with Gasteiger partial charge in [0.1, 0.15) is 17.3 Å². The lowest BCUT2D eigenvalue weighted by molar-refractivity contribution is 0.464. The van der Waals surface area contributed by atoms with Gasteiger partial charge in [-0.15, -0.1) is 0 Å². The molecule has 1 aromatic heterocycles. The molecule has 10 heavy (non-hydrogen) atoms. The number of aromatic nitrogens is 1. The van der Waals surface area contributed by atoms with Crippen LogP contribution in [0, 0.1) is 5.82 Å². The van der Waals surface area contributed by atoms with E-state index < -0.39 is 5.82 Å². The van der Waals surface area contributed by atoms with Gasteiger partial charge in [-0.1, -0.05) is 6.58 Å². The van der Waals surface area contributed by atoms with Crippen LogP contribution in [0.5, 0.6) is 5.75 Å². The largest absolute Gasteiger partial charge is 0.506 e. The van der Waals surface area contributed by atoms with Crippen molar-refractivity contribution in [2.75, 3.05) is 0 Å². The minimum absolute atomic E-state index is 0.185. The van der Waals surface area contributed by atoms with Gasteiger partial charge in [0.2, 0.25) is 0 Å². The van der Waals surface area contributed by atoms with E-state index in [0.717, 1.165) is 12.3 Å². The van der Waals surface area contributed by atoms with Crippen molar-refractivity contribution in [1.82, 2.24) is 4.98 Å². The van der Waals surface area contributed by atoms with Crippen molar-refractivity contribution in [3.63, 3.8) is 0 Å². The smallest absolute Gasteiger partial charge is 0.145 e. The molecule has 1 rings (SSSR count). The Labute approximate surface area is 57.7 Å². The van der Waals surface area contributed by atoms with E-state index in [1.165, 1.54) is 6.08 Å². The van der Waals surface area contributed by atoms with E-state index in [1.807, 2.05) is 0 Å². The zero-order valence-electron chi connectivity index (χ0n) is 5.21. The molecule has 0 spiro atoms. The molecule has 1 aromatic rings. The minimum atomic E-state index is -0.553. The first-order chi connectivity index (χ1) is 4.74. The van der Waals surface area contributed by atoms with Gasteiger partial charge < -0.3 is 5.11 Å². The standard InChI is InChI=1S/C7H6FNO/c1-2-6-7(10)3-5(8)4-9-6/h2-4,10H,1H2. The normalized spacial score (nSPS) is 9.30. The molecule has 0 aromatic carbocycles. The summed E-state index contributed by atoms with van der Waals surface area (Å²) in [7, 11) is 0. The first kappa shape index (κ1) is 6.74. The van der Waals surface area contributed by atoms with Crippen molar-refractivity contribution < 1.29 is 9.50 Å². The topological polar surface area (TPSA) is 33.1 Å². The number of halogens is 1. The van der Waals surface area contributed by atoms with Gasteiger partial charge in [0.05, 0.1) is 6.20 Å². The minimum Gasteiger partial charge on any atom is -0.506 e. The summed E-state index contributed by atoms with van der Waals surface area (Å²) in [5.74, 6) is -0.738. The Hall–Kier alpha value is -1.38. The molecule has 0 aliphatic carbocycles. The van der Waals surface area contributed by atoms with E-state index in [2.05, 4.69) is 11.6 Å². The van der Waals surface area contributed by atoms with Gasteiger partial charge in [-0.3, -0.25) is 0 Å². The van der Waals surface area contributed by atoms with E-state index in [1.54, 1.807) is 0 Å². The quantitative estimate of drug-likeness (QED) is 0.640. The van der Waals surface area contributed by atoms with Crippen molar-refractivity contribution in [3.8, 4) is 5.75 Å². The summed E-state index contributed by atoms with van der Waals surface area (Å²) in [6.45, 7) is 3.38. The second kappa shape index (κ2) is 2.47. The third-order valence-corrected chi connectivity index (χ3v) is 1.06. The van der Waals surface area contributed by atoms with Gasteiger partial charge in [-0.2, -0.15) is 0 Å². The van der Waals surface area contributed by atoms with Gasteiger partial charge in [-0.05, 0) is 6.08 Å². The Kier molecular flexibility index (Phi) is 1.67. The average molecular weight is 139 g/mol. The molecule has 0 fully saturated rings. The first-order valence-corrected chi connectivity index (χ1v) is 2.71. The SMILES string of the molecule is C=Cc1ncc(F)cc1O. The van der Waals surface area contributed by atoms with Crippen LogP contribution in [-0.4, -0.2) is 10.1 Å². The third-order valence-electron chi connectivity index (χ3n) is 1.06. The van der Waals surface area contributed by atoms with Gasteiger partial charge in [0.15, 0.2) is 0 Å². The van der Waals surface area contributed by atoms with Crippen LogP contribution in [0.25, 0.3) is 6.08 Å². The van der Waals surface area contributed by atoms with Crippen LogP contribution >= 0.6 is 0 Å². The Balaban J connectivity index is 3.19. The molecular weight excluding hydrogens is 133 g/mol. The molecular formula is C7H6FNO. The molecule has 0 atom stereocenters. The zero-order valence-corrected chi connectivity index (χ0v) is 5.21. The summed E-state index contributed by atoms with van der Waals surface area (Å²) >= 11 is 0. The monoisotopic (exact) mass is 139 g/mol. The molecule has 0 amide bonds. The van der Waals surface area contributed by atoms with Crippen molar-refractivity contribution in [3.05, 3.63) is 30.4 Å². The summed E-state index contributed by atoms with van der Waals surface area (Å²) < 4.78 is 12.2. The Bertz CT molecular complexity index is 260. The molecule has 0 bridgehead atoms. The highest BCUT2D eigenvalue weighted by Gasteiger charge is 1.98. The highest BCUT2D eigenvalue weighted by atomic mass is 19.1. The fourth-order valence-corrected chi connectivity index (χ4v) is 0.596. The molecule has 0 aliphatic heterocycles. The van der Waals surface area contributed by atoms with Crippen molar-refractivity contribution in [2.24, 2.45) is 0 Å². The van der Waals surface area contributed by atoms with Crippen LogP contribution < -0.4 is 0 Å². The Morgan fingerprint density at radius 1 is 1.70 bits per heavy atom. The maximum Gasteiger partial charge on any atom is 0.145 e. The predicted molar refractivity (Wildman–Crippen MR) is 36.0 cm³/mol. The van der Waals surface area contributed by atoms with Crippen LogP contribution in [0.15, 0.2) is 18.8 Å². The van der Waals surface area contributed by atoms with E-state index in [-0.39, 0.29) is 5.75 Å². The second-order valence-electron chi connectivity index (χ2n) is 1.76. The highest BCUT2D eigenvalue weighted by Crippen LogP contribution is 2.15. The zero-order chi connectivity index (χ0) is 7.56. The van der Waals surface area contributed by atoms with Gasteiger partial charge >= 0.3 is 0 Å². The third kappa shape index (κ3) is 1.13. The van der Waals surface area contributed by atoms with Crippen LogP contribution in [0.2, 0.25) is 0 Å². The summed E-state index contributed by atoms with van der Waals surface area (Å²) in [5.41, 5.74) is 0.293. The summed E-state index contributed by atoms with van der Waals surface area (Å²) in [4.78, 5) is 3.55. The number of hydrogen-bond donors (Lipinski definition) is 1. The molecule has 0 unspecified atom stereocenters. The summed E-state index contributed by atoms with van der Waals surface area (Å²) in [6.07, 6.45) is 2.38. The average Bonchev–Trinajstić information content (AvgIpc) is 1.88. The second-order valence-corrected chi connectivity index (χ2v) is 1.76. The van der Waals surface area contributed by atoms with Crippen LogP contribution in [-0.2, 0) is 0 Å². The van der Waals surface area contributed by atoms with Crippen molar-refractivity contribution in [2.45, 2.75) is 0 Å². The summed E-state index contributed by atoms with van der Waals surface area (Å²) in [6, 6.07) is 0.990.